The molecule has 1 N–H and O–H groups in total. The molecule has 0 aromatic heterocycles. The molecular weight excluding hydrogens is 233 g/mol. The molecule has 0 spiro atoms. The summed E-state index contributed by atoms with van der Waals surface area (Å²) in [5.74, 6) is 0.879. The molecule has 0 saturated heterocycles. The highest BCUT2D eigenvalue weighted by molar-refractivity contribution is 7.10. The Morgan fingerprint density at radius 2 is 1.76 bits per heavy atom. The van der Waals surface area contributed by atoms with E-state index in [0.29, 0.717) is 5.69 Å². The molecule has 0 aliphatic heterocycles. The highest BCUT2D eigenvalue weighted by Crippen LogP contribution is 2.25. The van der Waals surface area contributed by atoms with Crippen molar-refractivity contribution in [2.75, 3.05) is 0 Å². The van der Waals surface area contributed by atoms with Crippen LogP contribution in [0.15, 0.2) is 53.5 Å². The summed E-state index contributed by atoms with van der Waals surface area (Å²) in [4.78, 5) is 4.22. The molecule has 2 aromatic carbocycles. The van der Waals surface area contributed by atoms with E-state index in [2.05, 4.69) is 14.5 Å². The summed E-state index contributed by atoms with van der Waals surface area (Å²) in [5.41, 5.74) is 1.39. The third kappa shape index (κ3) is 2.83. The number of benzene rings is 2. The molecule has 0 radical (unpaired) electrons. The van der Waals surface area contributed by atoms with Crippen molar-refractivity contribution in [3.05, 3.63) is 54.1 Å². The van der Waals surface area contributed by atoms with Gasteiger partial charge in [-0.1, -0.05) is 24.3 Å². The standard InChI is InChI=1S/C13H12NO2P/c15-12-7-3-2-6-11(12)14-9-10-5-1-4-8-13(10)16-17/h1-9,15H,17H2/b14-9+. The van der Waals surface area contributed by atoms with Gasteiger partial charge < -0.3 is 9.63 Å². The van der Waals surface area contributed by atoms with Gasteiger partial charge in [0, 0.05) is 11.8 Å². The molecule has 17 heavy (non-hydrogen) atoms. The fraction of sp³-hybridized carbons (Fsp3) is 0. The predicted molar refractivity (Wildman–Crippen MR) is 72.1 cm³/mol. The van der Waals surface area contributed by atoms with Crippen molar-refractivity contribution in [2.45, 2.75) is 0 Å². The van der Waals surface area contributed by atoms with Crippen molar-refractivity contribution >= 4 is 21.4 Å². The molecule has 0 amide bonds. The lowest BCUT2D eigenvalue weighted by atomic mass is 10.2. The molecule has 0 bridgehead atoms. The van der Waals surface area contributed by atoms with E-state index in [4.69, 9.17) is 4.52 Å². The normalized spacial score (nSPS) is 10.6. The summed E-state index contributed by atoms with van der Waals surface area (Å²) in [5, 5.41) is 9.57. The average molecular weight is 245 g/mol. The minimum absolute atomic E-state index is 0.160. The first-order valence-corrected chi connectivity index (χ1v) is 5.56. The van der Waals surface area contributed by atoms with Crippen LogP contribution in [-0.2, 0) is 0 Å². The van der Waals surface area contributed by atoms with Gasteiger partial charge in [0.05, 0.1) is 9.47 Å². The maximum absolute atomic E-state index is 9.57. The molecule has 1 unspecified atom stereocenters. The third-order valence-corrected chi connectivity index (χ3v) is 2.52. The number of nitrogens with zero attached hydrogens (tertiary/aromatic N) is 1. The first-order valence-electron chi connectivity index (χ1n) is 5.09. The van der Waals surface area contributed by atoms with Gasteiger partial charge in [0.1, 0.15) is 17.2 Å². The van der Waals surface area contributed by atoms with Gasteiger partial charge in [0.2, 0.25) is 0 Å². The second-order valence-corrected chi connectivity index (χ2v) is 3.64. The lowest BCUT2D eigenvalue weighted by Crippen LogP contribution is -1.85. The Hall–Kier alpha value is -1.86. The van der Waals surface area contributed by atoms with Crippen LogP contribution in [0.25, 0.3) is 0 Å². The molecule has 2 aromatic rings. The molecule has 0 heterocycles. The van der Waals surface area contributed by atoms with Crippen molar-refractivity contribution in [1.29, 1.82) is 0 Å². The van der Waals surface area contributed by atoms with Gasteiger partial charge in [-0.05, 0) is 24.3 Å². The summed E-state index contributed by atoms with van der Waals surface area (Å²) in [6.45, 7) is 0. The molecule has 86 valence electrons. The van der Waals surface area contributed by atoms with Crippen LogP contribution in [0.5, 0.6) is 11.5 Å². The minimum Gasteiger partial charge on any atom is -0.506 e. The minimum atomic E-state index is 0.160. The van der Waals surface area contributed by atoms with Gasteiger partial charge in [-0.3, -0.25) is 4.99 Å². The molecule has 1 atom stereocenters. The number of rotatable bonds is 3. The van der Waals surface area contributed by atoms with Crippen LogP contribution in [0, 0.1) is 0 Å². The number of hydrogen-bond acceptors (Lipinski definition) is 3. The van der Waals surface area contributed by atoms with Crippen molar-refractivity contribution in [3.8, 4) is 11.5 Å². The largest absolute Gasteiger partial charge is 0.506 e. The Labute approximate surface area is 102 Å². The van der Waals surface area contributed by atoms with E-state index in [1.165, 1.54) is 0 Å². The topological polar surface area (TPSA) is 41.8 Å². The SMILES string of the molecule is Oc1ccccc1/N=C/c1ccccc1OP. The van der Waals surface area contributed by atoms with Crippen LogP contribution in [0.2, 0.25) is 0 Å². The predicted octanol–water partition coefficient (Wildman–Crippen LogP) is 3.31. The summed E-state index contributed by atoms with van der Waals surface area (Å²) in [6, 6.07) is 14.5. The quantitative estimate of drug-likeness (QED) is 0.665. The van der Waals surface area contributed by atoms with Crippen LogP contribution >= 0.6 is 9.47 Å². The zero-order valence-electron chi connectivity index (χ0n) is 9.08. The molecule has 0 fully saturated rings. The van der Waals surface area contributed by atoms with Gasteiger partial charge in [0.25, 0.3) is 0 Å². The van der Waals surface area contributed by atoms with Crippen molar-refractivity contribution in [2.24, 2.45) is 4.99 Å². The number of phenolic OH excluding ortho intramolecular Hbond substituents is 1. The Bertz CT molecular complexity index is 540. The van der Waals surface area contributed by atoms with E-state index in [1.54, 1.807) is 24.4 Å². The highest BCUT2D eigenvalue weighted by atomic mass is 31.0. The van der Waals surface area contributed by atoms with E-state index in [1.807, 2.05) is 30.3 Å². The van der Waals surface area contributed by atoms with Crippen molar-refractivity contribution in [3.63, 3.8) is 0 Å². The monoisotopic (exact) mass is 245 g/mol. The molecular formula is C13H12NO2P. The molecule has 0 aliphatic rings. The number of para-hydroxylation sites is 3. The Balaban J connectivity index is 2.29. The van der Waals surface area contributed by atoms with Crippen LogP contribution in [-0.4, -0.2) is 11.3 Å². The third-order valence-electron chi connectivity index (χ3n) is 2.27. The van der Waals surface area contributed by atoms with Crippen LogP contribution in [0.4, 0.5) is 5.69 Å². The van der Waals surface area contributed by atoms with Gasteiger partial charge >= 0.3 is 0 Å². The van der Waals surface area contributed by atoms with Crippen molar-refractivity contribution < 1.29 is 9.63 Å². The molecule has 2 rings (SSSR count). The fourth-order valence-electron chi connectivity index (χ4n) is 1.41. The molecule has 4 heteroatoms. The van der Waals surface area contributed by atoms with E-state index in [9.17, 15) is 5.11 Å². The average Bonchev–Trinajstić information content (AvgIpc) is 2.38. The van der Waals surface area contributed by atoms with Crippen LogP contribution in [0.1, 0.15) is 5.56 Å². The Morgan fingerprint density at radius 3 is 2.53 bits per heavy atom. The van der Waals surface area contributed by atoms with Gasteiger partial charge in [-0.2, -0.15) is 0 Å². The number of phenols is 1. The van der Waals surface area contributed by atoms with E-state index in [-0.39, 0.29) is 5.75 Å². The second-order valence-electron chi connectivity index (χ2n) is 3.40. The first-order chi connectivity index (χ1) is 8.31. The van der Waals surface area contributed by atoms with Crippen molar-refractivity contribution in [1.82, 2.24) is 0 Å². The lowest BCUT2D eigenvalue weighted by molar-refractivity contribution is 0.477. The van der Waals surface area contributed by atoms with Crippen LogP contribution < -0.4 is 4.52 Å². The summed E-state index contributed by atoms with van der Waals surface area (Å²) in [6.07, 6.45) is 1.66. The van der Waals surface area contributed by atoms with Crippen LogP contribution in [0.3, 0.4) is 0 Å². The van der Waals surface area contributed by atoms with Gasteiger partial charge in [-0.25, -0.2) is 0 Å². The fourth-order valence-corrected chi connectivity index (χ4v) is 1.62. The number of aliphatic imine (C=N–C) groups is 1. The smallest absolute Gasteiger partial charge is 0.141 e. The first kappa shape index (κ1) is 11.6. The Morgan fingerprint density at radius 1 is 1.06 bits per heavy atom. The summed E-state index contributed by atoms with van der Waals surface area (Å²) < 4.78 is 5.13. The number of aromatic hydroxyl groups is 1. The Kier molecular flexibility index (Phi) is 3.73. The zero-order chi connectivity index (χ0) is 12.1. The van der Waals surface area contributed by atoms with Gasteiger partial charge in [-0.15, -0.1) is 0 Å². The molecule has 0 aliphatic carbocycles. The summed E-state index contributed by atoms with van der Waals surface area (Å²) in [7, 11) is 2.20. The van der Waals surface area contributed by atoms with E-state index in [0.717, 1.165) is 11.3 Å². The molecule has 0 saturated carbocycles. The van der Waals surface area contributed by atoms with E-state index >= 15 is 0 Å². The maximum Gasteiger partial charge on any atom is 0.141 e. The lowest BCUT2D eigenvalue weighted by Gasteiger charge is -2.02. The number of hydrogen-bond donors (Lipinski definition) is 1. The summed E-state index contributed by atoms with van der Waals surface area (Å²) >= 11 is 0. The second kappa shape index (κ2) is 5.46. The zero-order valence-corrected chi connectivity index (χ0v) is 10.2. The highest BCUT2D eigenvalue weighted by Gasteiger charge is 1.99. The molecule has 3 nitrogen and oxygen atoms in total. The van der Waals surface area contributed by atoms with E-state index < -0.39 is 0 Å². The maximum atomic E-state index is 9.57. The van der Waals surface area contributed by atoms with Gasteiger partial charge in [0.15, 0.2) is 0 Å².